The molecule has 0 saturated carbocycles. The molecule has 0 unspecified atom stereocenters. The molecule has 2 rings (SSSR count). The molecular formula is C21H24O5S. The Labute approximate surface area is 160 Å². The highest BCUT2D eigenvalue weighted by molar-refractivity contribution is 7.90. The van der Waals surface area contributed by atoms with Crippen LogP contribution in [0.25, 0.3) is 0 Å². The predicted octanol–water partition coefficient (Wildman–Crippen LogP) is 3.78. The molecule has 0 aromatic heterocycles. The Kier molecular flexibility index (Phi) is 6.91. The first-order valence-electron chi connectivity index (χ1n) is 8.82. The fourth-order valence-corrected chi connectivity index (χ4v) is 3.23. The lowest BCUT2D eigenvalue weighted by Gasteiger charge is -2.09. The Bertz CT molecular complexity index is 928. The lowest BCUT2D eigenvalue weighted by molar-refractivity contribution is 0.0473. The van der Waals surface area contributed by atoms with Gasteiger partial charge in [0.15, 0.2) is 22.2 Å². The summed E-state index contributed by atoms with van der Waals surface area (Å²) in [5.74, 6) is -1.02. The van der Waals surface area contributed by atoms with Gasteiger partial charge in [-0.2, -0.15) is 0 Å². The maximum absolute atomic E-state index is 12.3. The van der Waals surface area contributed by atoms with E-state index >= 15 is 0 Å². The van der Waals surface area contributed by atoms with Crippen LogP contribution in [0.4, 0.5) is 0 Å². The third-order valence-electron chi connectivity index (χ3n) is 4.29. The van der Waals surface area contributed by atoms with Crippen LogP contribution < -0.4 is 0 Å². The van der Waals surface area contributed by atoms with Crippen molar-refractivity contribution in [2.75, 3.05) is 12.9 Å². The van der Waals surface area contributed by atoms with Gasteiger partial charge in [-0.15, -0.1) is 0 Å². The number of carbonyl (C=O) groups excluding carboxylic acids is 2. The van der Waals surface area contributed by atoms with E-state index in [0.29, 0.717) is 11.1 Å². The largest absolute Gasteiger partial charge is 0.454 e. The van der Waals surface area contributed by atoms with Crippen LogP contribution in [0.1, 0.15) is 51.6 Å². The number of rotatable bonds is 8. The van der Waals surface area contributed by atoms with Gasteiger partial charge in [-0.3, -0.25) is 4.79 Å². The van der Waals surface area contributed by atoms with Crippen LogP contribution in [0.5, 0.6) is 0 Å². The number of unbranched alkanes of at least 4 members (excludes halogenated alkanes) is 1. The summed E-state index contributed by atoms with van der Waals surface area (Å²) in [6, 6.07) is 11.5. The molecule has 0 N–H and O–H groups in total. The molecular weight excluding hydrogens is 364 g/mol. The van der Waals surface area contributed by atoms with Gasteiger partial charge in [-0.05, 0) is 43.0 Å². The molecule has 6 heteroatoms. The molecule has 0 saturated heterocycles. The normalized spacial score (nSPS) is 11.2. The predicted molar refractivity (Wildman–Crippen MR) is 104 cm³/mol. The Morgan fingerprint density at radius 1 is 1.04 bits per heavy atom. The van der Waals surface area contributed by atoms with Gasteiger partial charge >= 0.3 is 5.97 Å². The van der Waals surface area contributed by atoms with Crippen LogP contribution >= 0.6 is 0 Å². The minimum Gasteiger partial charge on any atom is -0.454 e. The third-order valence-corrected chi connectivity index (χ3v) is 5.40. The number of hydrogen-bond acceptors (Lipinski definition) is 5. The average Bonchev–Trinajstić information content (AvgIpc) is 2.64. The number of hydrogen-bond donors (Lipinski definition) is 0. The van der Waals surface area contributed by atoms with E-state index in [9.17, 15) is 18.0 Å². The van der Waals surface area contributed by atoms with E-state index in [0.717, 1.165) is 25.5 Å². The molecule has 0 spiro atoms. The lowest BCUT2D eigenvalue weighted by atomic mass is 10.0. The van der Waals surface area contributed by atoms with E-state index in [2.05, 4.69) is 6.92 Å². The lowest BCUT2D eigenvalue weighted by Crippen LogP contribution is -2.15. The van der Waals surface area contributed by atoms with Crippen molar-refractivity contribution in [1.82, 2.24) is 0 Å². The highest BCUT2D eigenvalue weighted by atomic mass is 32.2. The summed E-state index contributed by atoms with van der Waals surface area (Å²) in [5.41, 5.74) is 2.36. The van der Waals surface area contributed by atoms with E-state index in [-0.39, 0.29) is 16.2 Å². The van der Waals surface area contributed by atoms with Crippen LogP contribution in [0, 0.1) is 6.92 Å². The number of sulfone groups is 1. The fraction of sp³-hybridized carbons (Fsp3) is 0.333. The van der Waals surface area contributed by atoms with Crippen LogP contribution in [-0.4, -0.2) is 33.0 Å². The molecule has 0 aliphatic rings. The quantitative estimate of drug-likeness (QED) is 0.508. The van der Waals surface area contributed by atoms with Gasteiger partial charge in [-0.1, -0.05) is 43.7 Å². The average molecular weight is 388 g/mol. The van der Waals surface area contributed by atoms with Gasteiger partial charge in [0.05, 0.1) is 10.5 Å². The van der Waals surface area contributed by atoms with Crippen molar-refractivity contribution >= 4 is 21.6 Å². The Hall–Kier alpha value is -2.47. The number of esters is 1. The van der Waals surface area contributed by atoms with Crippen molar-refractivity contribution in [1.29, 1.82) is 0 Å². The highest BCUT2D eigenvalue weighted by Gasteiger charge is 2.17. The third kappa shape index (κ3) is 5.76. The molecule has 0 atom stereocenters. The Morgan fingerprint density at radius 2 is 1.70 bits per heavy atom. The molecule has 0 amide bonds. The van der Waals surface area contributed by atoms with Crippen LogP contribution in [0.3, 0.4) is 0 Å². The first-order valence-corrected chi connectivity index (χ1v) is 10.7. The first kappa shape index (κ1) is 20.8. The zero-order chi connectivity index (χ0) is 20.0. The fourth-order valence-electron chi connectivity index (χ4n) is 2.58. The van der Waals surface area contributed by atoms with E-state index in [1.54, 1.807) is 25.1 Å². The van der Waals surface area contributed by atoms with Gasteiger partial charge in [0.1, 0.15) is 0 Å². The number of carbonyl (C=O) groups is 2. The van der Waals surface area contributed by atoms with Crippen molar-refractivity contribution in [2.45, 2.75) is 38.0 Å². The summed E-state index contributed by atoms with van der Waals surface area (Å²) in [6.07, 6.45) is 4.24. The minimum absolute atomic E-state index is 0.0362. The van der Waals surface area contributed by atoms with Crippen molar-refractivity contribution in [3.8, 4) is 0 Å². The number of benzene rings is 2. The summed E-state index contributed by atoms with van der Waals surface area (Å²) in [4.78, 5) is 24.6. The van der Waals surface area contributed by atoms with Crippen molar-refractivity contribution in [2.24, 2.45) is 0 Å². The van der Waals surface area contributed by atoms with Gasteiger partial charge in [0.25, 0.3) is 0 Å². The van der Waals surface area contributed by atoms with Gasteiger partial charge in [-0.25, -0.2) is 13.2 Å². The smallest absolute Gasteiger partial charge is 0.338 e. The number of aryl methyl sites for hydroxylation is 2. The molecule has 0 bridgehead atoms. The molecule has 27 heavy (non-hydrogen) atoms. The summed E-state index contributed by atoms with van der Waals surface area (Å²) < 4.78 is 28.4. The second-order valence-electron chi connectivity index (χ2n) is 6.55. The highest BCUT2D eigenvalue weighted by Crippen LogP contribution is 2.17. The maximum atomic E-state index is 12.3. The van der Waals surface area contributed by atoms with Crippen LogP contribution in [0.2, 0.25) is 0 Å². The van der Waals surface area contributed by atoms with Crippen LogP contribution in [0.15, 0.2) is 47.4 Å². The Balaban J connectivity index is 2.04. The topological polar surface area (TPSA) is 77.5 Å². The van der Waals surface area contributed by atoms with Gasteiger partial charge in [0, 0.05) is 11.8 Å². The van der Waals surface area contributed by atoms with Crippen molar-refractivity contribution in [3.05, 3.63) is 64.7 Å². The maximum Gasteiger partial charge on any atom is 0.338 e. The van der Waals surface area contributed by atoms with Crippen molar-refractivity contribution < 1.29 is 22.7 Å². The number of ketones is 1. The van der Waals surface area contributed by atoms with E-state index in [1.165, 1.54) is 17.7 Å². The Morgan fingerprint density at radius 3 is 2.30 bits per heavy atom. The second kappa shape index (κ2) is 8.95. The molecule has 0 fully saturated rings. The summed E-state index contributed by atoms with van der Waals surface area (Å²) in [5, 5.41) is 0. The monoisotopic (exact) mass is 388 g/mol. The summed E-state index contributed by atoms with van der Waals surface area (Å²) in [6.45, 7) is 3.41. The van der Waals surface area contributed by atoms with Crippen LogP contribution in [-0.2, 0) is 21.0 Å². The van der Waals surface area contributed by atoms with Gasteiger partial charge < -0.3 is 4.74 Å². The summed E-state index contributed by atoms with van der Waals surface area (Å²) in [7, 11) is -3.44. The van der Waals surface area contributed by atoms with E-state index < -0.39 is 22.4 Å². The molecule has 0 heterocycles. The van der Waals surface area contributed by atoms with Crippen molar-refractivity contribution in [3.63, 3.8) is 0 Å². The SMILES string of the molecule is CCCCc1ccc(C(=O)COC(=O)c2cc(S(C)(=O)=O)ccc2C)cc1. The molecule has 2 aromatic rings. The molecule has 0 aliphatic carbocycles. The minimum atomic E-state index is -3.44. The number of Topliss-reactive ketones (excluding diaryl/α,β-unsaturated/α-hetero) is 1. The summed E-state index contributed by atoms with van der Waals surface area (Å²) >= 11 is 0. The number of ether oxygens (including phenoxy) is 1. The zero-order valence-corrected chi connectivity index (χ0v) is 16.6. The first-order chi connectivity index (χ1) is 12.7. The zero-order valence-electron chi connectivity index (χ0n) is 15.8. The second-order valence-corrected chi connectivity index (χ2v) is 8.56. The standard InChI is InChI=1S/C21H24O5S/c1-4-5-6-16-8-10-17(11-9-16)20(22)14-26-21(23)19-13-18(27(3,24)25)12-7-15(19)2/h7-13H,4-6,14H2,1-3H3. The molecule has 0 aliphatic heterocycles. The molecule has 5 nitrogen and oxygen atoms in total. The molecule has 2 aromatic carbocycles. The van der Waals surface area contributed by atoms with E-state index in [1.807, 2.05) is 12.1 Å². The molecule has 144 valence electrons. The van der Waals surface area contributed by atoms with E-state index in [4.69, 9.17) is 4.74 Å². The molecule has 0 radical (unpaired) electrons. The van der Waals surface area contributed by atoms with Gasteiger partial charge in [0.2, 0.25) is 0 Å².